The van der Waals surface area contributed by atoms with E-state index in [1.165, 1.54) is 42.1 Å². The van der Waals surface area contributed by atoms with Crippen LogP contribution in [-0.4, -0.2) is 0 Å². The second-order valence-corrected chi connectivity index (χ2v) is 12.1. The molecule has 202 valence electrons. The molecule has 3 heteroatoms. The summed E-state index contributed by atoms with van der Waals surface area (Å²) in [6, 6.07) is 54.4. The van der Waals surface area contributed by atoms with E-state index >= 15 is 0 Å². The van der Waals surface area contributed by atoms with Gasteiger partial charge in [-0.15, -0.1) is 11.3 Å². The van der Waals surface area contributed by atoms with Gasteiger partial charge in [0.05, 0.1) is 0 Å². The average Bonchev–Trinajstić information content (AvgIpc) is 3.62. The molecule has 0 unspecified atom stereocenters. The minimum absolute atomic E-state index is 0.926. The van der Waals surface area contributed by atoms with Crippen molar-refractivity contribution in [1.82, 2.24) is 0 Å². The van der Waals surface area contributed by atoms with Crippen molar-refractivity contribution in [2.75, 3.05) is 4.90 Å². The van der Waals surface area contributed by atoms with Crippen LogP contribution in [0.4, 0.5) is 17.1 Å². The van der Waals surface area contributed by atoms with Crippen LogP contribution in [-0.2, 0) is 0 Å². The van der Waals surface area contributed by atoms with Crippen LogP contribution in [0.3, 0.4) is 0 Å². The molecule has 0 aliphatic rings. The lowest BCUT2D eigenvalue weighted by atomic mass is 9.99. The van der Waals surface area contributed by atoms with Gasteiger partial charge in [0.2, 0.25) is 0 Å². The Morgan fingerprint density at radius 2 is 1.09 bits per heavy atom. The summed E-state index contributed by atoms with van der Waals surface area (Å²) in [6.45, 7) is 0. The summed E-state index contributed by atoms with van der Waals surface area (Å²) in [5.74, 6) is 0. The van der Waals surface area contributed by atoms with Crippen LogP contribution in [0.15, 0.2) is 156 Å². The molecule has 0 atom stereocenters. The second kappa shape index (κ2) is 9.59. The van der Waals surface area contributed by atoms with E-state index in [1.807, 2.05) is 23.5 Å². The maximum absolute atomic E-state index is 6.17. The number of thiophene rings is 1. The largest absolute Gasteiger partial charge is 0.456 e. The fourth-order valence-electron chi connectivity index (χ4n) is 6.33. The molecule has 9 aromatic rings. The van der Waals surface area contributed by atoms with Crippen LogP contribution >= 0.6 is 11.3 Å². The molecule has 0 saturated heterocycles. The first kappa shape index (κ1) is 24.2. The van der Waals surface area contributed by atoms with Crippen molar-refractivity contribution < 1.29 is 4.42 Å². The molecule has 2 nitrogen and oxygen atoms in total. The highest BCUT2D eigenvalue weighted by molar-refractivity contribution is 7.25. The molecule has 43 heavy (non-hydrogen) atoms. The number of fused-ring (bicyclic) bond motifs is 7. The lowest BCUT2D eigenvalue weighted by Crippen LogP contribution is -2.09. The molecule has 0 aliphatic carbocycles. The van der Waals surface area contributed by atoms with Crippen LogP contribution in [0, 0.1) is 0 Å². The summed E-state index contributed by atoms with van der Waals surface area (Å²) in [7, 11) is 0. The zero-order chi connectivity index (χ0) is 28.3. The lowest BCUT2D eigenvalue weighted by molar-refractivity contribution is 0.669. The predicted molar refractivity (Wildman–Crippen MR) is 184 cm³/mol. The lowest BCUT2D eigenvalue weighted by Gasteiger charge is -2.26. The molecular formula is C40H25NOS. The number of rotatable bonds is 4. The number of anilines is 3. The van der Waals surface area contributed by atoms with Gasteiger partial charge in [-0.1, -0.05) is 78.9 Å². The predicted octanol–water partition coefficient (Wildman–Crippen LogP) is 12.2. The molecule has 2 heterocycles. The molecule has 9 rings (SSSR count). The van der Waals surface area contributed by atoms with Gasteiger partial charge in [0, 0.05) is 48.0 Å². The third-order valence-electron chi connectivity index (χ3n) is 8.43. The van der Waals surface area contributed by atoms with Crippen molar-refractivity contribution in [2.45, 2.75) is 0 Å². The maximum Gasteiger partial charge on any atom is 0.136 e. The summed E-state index contributed by atoms with van der Waals surface area (Å²) in [5.41, 5.74) is 7.63. The summed E-state index contributed by atoms with van der Waals surface area (Å²) in [5, 5.41) is 7.32. The Kier molecular flexibility index (Phi) is 5.40. The van der Waals surface area contributed by atoms with Crippen molar-refractivity contribution in [2.24, 2.45) is 0 Å². The fourth-order valence-corrected chi connectivity index (χ4v) is 7.41. The van der Waals surface area contributed by atoms with Gasteiger partial charge < -0.3 is 9.32 Å². The summed E-state index contributed by atoms with van der Waals surface area (Å²) in [6.07, 6.45) is 0. The molecule has 0 aliphatic heterocycles. The first-order valence-electron chi connectivity index (χ1n) is 14.5. The Morgan fingerprint density at radius 3 is 1.98 bits per heavy atom. The molecule has 0 N–H and O–H groups in total. The quantitative estimate of drug-likeness (QED) is 0.210. The Morgan fingerprint density at radius 1 is 0.395 bits per heavy atom. The average molecular weight is 568 g/mol. The van der Waals surface area contributed by atoms with E-state index in [9.17, 15) is 0 Å². The van der Waals surface area contributed by atoms with Gasteiger partial charge in [0.25, 0.3) is 0 Å². The van der Waals surface area contributed by atoms with Crippen LogP contribution < -0.4 is 4.90 Å². The van der Waals surface area contributed by atoms with E-state index in [4.69, 9.17) is 4.42 Å². The van der Waals surface area contributed by atoms with Gasteiger partial charge in [-0.25, -0.2) is 0 Å². The number of para-hydroxylation sites is 2. The van der Waals surface area contributed by atoms with Gasteiger partial charge >= 0.3 is 0 Å². The van der Waals surface area contributed by atoms with Crippen molar-refractivity contribution in [3.63, 3.8) is 0 Å². The van der Waals surface area contributed by atoms with E-state index in [0.29, 0.717) is 0 Å². The minimum atomic E-state index is 0.926. The Hall–Kier alpha value is -5.38. The Labute approximate surface area is 252 Å². The monoisotopic (exact) mass is 567 g/mol. The molecule has 7 aromatic carbocycles. The molecule has 2 aromatic heterocycles. The van der Waals surface area contributed by atoms with Crippen molar-refractivity contribution in [3.8, 4) is 11.1 Å². The van der Waals surface area contributed by atoms with Crippen LogP contribution in [0.1, 0.15) is 0 Å². The SMILES string of the molecule is c1ccc(N(c2ccc(-c3ccc4cc5c(cc4c3)oc3ccccc35)cc2)c2ccc3sc4ccccc4c3c2)cc1. The first-order valence-corrected chi connectivity index (χ1v) is 15.3. The first-order chi connectivity index (χ1) is 21.3. The Bertz CT molecular complexity index is 2450. The Balaban J connectivity index is 1.12. The van der Waals surface area contributed by atoms with E-state index in [0.717, 1.165) is 39.0 Å². The number of furan rings is 1. The van der Waals surface area contributed by atoms with Crippen molar-refractivity contribution >= 4 is 81.3 Å². The van der Waals surface area contributed by atoms with Gasteiger partial charge in [-0.05, 0) is 94.7 Å². The topological polar surface area (TPSA) is 16.4 Å². The molecule has 0 fully saturated rings. The van der Waals surface area contributed by atoms with Crippen LogP contribution in [0.5, 0.6) is 0 Å². The van der Waals surface area contributed by atoms with Crippen molar-refractivity contribution in [3.05, 3.63) is 152 Å². The van der Waals surface area contributed by atoms with E-state index in [1.54, 1.807) is 0 Å². The minimum Gasteiger partial charge on any atom is -0.456 e. The van der Waals surface area contributed by atoms with E-state index in [-0.39, 0.29) is 0 Å². The zero-order valence-electron chi connectivity index (χ0n) is 23.2. The molecule has 0 spiro atoms. The number of hydrogen-bond acceptors (Lipinski definition) is 3. The van der Waals surface area contributed by atoms with E-state index < -0.39 is 0 Å². The molecule has 0 saturated carbocycles. The van der Waals surface area contributed by atoms with E-state index in [2.05, 4.69) is 144 Å². The summed E-state index contributed by atoms with van der Waals surface area (Å²) in [4.78, 5) is 2.34. The standard InChI is InChI=1S/C40H25NOS/c1-2-8-30(9-3-1)41(32-20-21-40-36(25-32)34-11-5-7-13-39(34)43-40)31-18-16-26(17-19-31)27-14-15-28-23-35-33-10-4-6-12-37(33)42-38(35)24-29(28)22-27/h1-25H. The van der Waals surface area contributed by atoms with Crippen LogP contribution in [0.2, 0.25) is 0 Å². The second-order valence-electron chi connectivity index (χ2n) is 11.0. The van der Waals surface area contributed by atoms with Crippen LogP contribution in [0.25, 0.3) is 64.0 Å². The number of nitrogens with zero attached hydrogens (tertiary/aromatic N) is 1. The molecule has 0 bridgehead atoms. The summed E-state index contributed by atoms with van der Waals surface area (Å²) < 4.78 is 8.80. The van der Waals surface area contributed by atoms with Gasteiger partial charge in [0.15, 0.2) is 0 Å². The van der Waals surface area contributed by atoms with Crippen molar-refractivity contribution in [1.29, 1.82) is 0 Å². The number of hydrogen-bond donors (Lipinski definition) is 0. The fraction of sp³-hybridized carbons (Fsp3) is 0. The molecule has 0 radical (unpaired) electrons. The highest BCUT2D eigenvalue weighted by Gasteiger charge is 2.15. The van der Waals surface area contributed by atoms with Gasteiger partial charge in [-0.2, -0.15) is 0 Å². The van der Waals surface area contributed by atoms with Gasteiger partial charge in [0.1, 0.15) is 11.2 Å². The maximum atomic E-state index is 6.17. The van der Waals surface area contributed by atoms with Gasteiger partial charge in [-0.3, -0.25) is 0 Å². The molecular weight excluding hydrogens is 543 g/mol. The smallest absolute Gasteiger partial charge is 0.136 e. The number of benzene rings is 7. The third-order valence-corrected chi connectivity index (χ3v) is 9.58. The molecule has 0 amide bonds. The highest BCUT2D eigenvalue weighted by atomic mass is 32.1. The zero-order valence-corrected chi connectivity index (χ0v) is 24.0. The summed E-state index contributed by atoms with van der Waals surface area (Å²) >= 11 is 1.85. The third kappa shape index (κ3) is 4.01. The highest BCUT2D eigenvalue weighted by Crippen LogP contribution is 2.41. The normalized spacial score (nSPS) is 11.7.